The van der Waals surface area contributed by atoms with E-state index in [1.807, 2.05) is 13.0 Å². The van der Waals surface area contributed by atoms with Gasteiger partial charge in [-0.2, -0.15) is 17.9 Å². The molecule has 0 heterocycles. The molecule has 0 saturated carbocycles. The lowest BCUT2D eigenvalue weighted by Crippen LogP contribution is -2.23. The van der Waals surface area contributed by atoms with Gasteiger partial charge in [0.05, 0.1) is 28.5 Å². The summed E-state index contributed by atoms with van der Waals surface area (Å²) < 4.78 is 11.8. The van der Waals surface area contributed by atoms with Crippen LogP contribution in [0.5, 0.6) is 5.75 Å². The quantitative estimate of drug-likeness (QED) is 0.282. The topological polar surface area (TPSA) is 109 Å². The molecule has 7 nitrogen and oxygen atoms in total. The number of anilines is 1. The second kappa shape index (κ2) is 12.0. The van der Waals surface area contributed by atoms with Crippen LogP contribution in [0.25, 0.3) is 0 Å². The van der Waals surface area contributed by atoms with Gasteiger partial charge in [0.25, 0.3) is 0 Å². The number of aromatic hydroxyl groups is 1. The fourth-order valence-electron chi connectivity index (χ4n) is 2.74. The number of thiol groups is 1. The number of rotatable bonds is 8. The normalized spacial score (nSPS) is 12.4. The number of phenols is 1. The minimum atomic E-state index is -0.832. The molecule has 0 aliphatic carbocycles. The standard InChI is InChI=1S/C21H20Br2N2O5S/c1-12(6-7-29-18(26)11-31)20(16-8-14(22)9-17(23)19(16)27)30-21(28)25-15-4-2-13(10-24)3-5-15/h2-5,8-9,12,20,27,31H,6-7,11H2,1H3,(H,25,28)/t12-,20-/m0/s1. The van der Waals surface area contributed by atoms with Crippen LogP contribution in [0.1, 0.15) is 30.6 Å². The first kappa shape index (κ1) is 25.0. The molecule has 0 unspecified atom stereocenters. The van der Waals surface area contributed by atoms with Crippen LogP contribution in [0.2, 0.25) is 0 Å². The summed E-state index contributed by atoms with van der Waals surface area (Å²) in [7, 11) is 0. The number of esters is 1. The number of hydrogen-bond donors (Lipinski definition) is 3. The lowest BCUT2D eigenvalue weighted by molar-refractivity contribution is -0.141. The first-order valence-electron chi connectivity index (χ1n) is 9.17. The van der Waals surface area contributed by atoms with Crippen molar-refractivity contribution in [3.05, 3.63) is 56.5 Å². The third kappa shape index (κ3) is 7.45. The number of carbonyl (C=O) groups excluding carboxylic acids is 2. The van der Waals surface area contributed by atoms with E-state index in [0.717, 1.165) is 0 Å². The molecule has 0 radical (unpaired) electrons. The average molecular weight is 572 g/mol. The predicted octanol–water partition coefficient (Wildman–Crippen LogP) is 5.58. The van der Waals surface area contributed by atoms with E-state index in [9.17, 15) is 14.7 Å². The molecule has 0 fully saturated rings. The Hall–Kier alpha value is -2.22. The first-order valence-corrected chi connectivity index (χ1v) is 11.4. The maximum atomic E-state index is 12.6. The number of hydrogen-bond acceptors (Lipinski definition) is 7. The van der Waals surface area contributed by atoms with E-state index in [2.05, 4.69) is 49.8 Å². The maximum absolute atomic E-state index is 12.6. The highest BCUT2D eigenvalue weighted by atomic mass is 79.9. The third-order valence-electron chi connectivity index (χ3n) is 4.34. The van der Waals surface area contributed by atoms with E-state index < -0.39 is 18.2 Å². The van der Waals surface area contributed by atoms with Gasteiger partial charge in [-0.25, -0.2) is 4.79 Å². The molecule has 1 amide bonds. The Labute approximate surface area is 202 Å². The summed E-state index contributed by atoms with van der Waals surface area (Å²) in [4.78, 5) is 23.9. The Morgan fingerprint density at radius 2 is 1.94 bits per heavy atom. The molecule has 0 aliphatic heterocycles. The number of ether oxygens (including phenoxy) is 2. The molecule has 2 aromatic carbocycles. The molecule has 0 spiro atoms. The van der Waals surface area contributed by atoms with E-state index in [-0.39, 0.29) is 24.0 Å². The van der Waals surface area contributed by atoms with Gasteiger partial charge in [0.15, 0.2) is 0 Å². The van der Waals surface area contributed by atoms with Gasteiger partial charge in [-0.3, -0.25) is 10.1 Å². The molecular weight excluding hydrogens is 552 g/mol. The van der Waals surface area contributed by atoms with Crippen molar-refractivity contribution in [2.45, 2.75) is 19.4 Å². The lowest BCUT2D eigenvalue weighted by atomic mass is 9.94. The third-order valence-corrected chi connectivity index (χ3v) is 5.66. The Morgan fingerprint density at radius 3 is 2.55 bits per heavy atom. The van der Waals surface area contributed by atoms with E-state index in [0.29, 0.717) is 32.2 Å². The van der Waals surface area contributed by atoms with Crippen LogP contribution in [0.3, 0.4) is 0 Å². The zero-order chi connectivity index (χ0) is 23.0. The van der Waals surface area contributed by atoms with Crippen molar-refractivity contribution in [1.82, 2.24) is 0 Å². The summed E-state index contributed by atoms with van der Waals surface area (Å²) in [6, 6.07) is 11.7. The van der Waals surface area contributed by atoms with Crippen LogP contribution in [-0.4, -0.2) is 29.5 Å². The van der Waals surface area contributed by atoms with Crippen molar-refractivity contribution in [3.63, 3.8) is 0 Å². The molecule has 10 heteroatoms. The number of carbonyl (C=O) groups is 2. The number of benzene rings is 2. The zero-order valence-electron chi connectivity index (χ0n) is 16.5. The number of nitriles is 1. The minimum Gasteiger partial charge on any atom is -0.506 e. The zero-order valence-corrected chi connectivity index (χ0v) is 20.5. The summed E-state index contributed by atoms with van der Waals surface area (Å²) >= 11 is 10.5. The number of halogens is 2. The van der Waals surface area contributed by atoms with Gasteiger partial charge in [-0.1, -0.05) is 22.9 Å². The van der Waals surface area contributed by atoms with Gasteiger partial charge >= 0.3 is 12.1 Å². The van der Waals surface area contributed by atoms with Crippen LogP contribution in [0, 0.1) is 17.2 Å². The molecule has 0 aliphatic rings. The summed E-state index contributed by atoms with van der Waals surface area (Å²) in [6.07, 6.45) is -1.18. The van der Waals surface area contributed by atoms with Gasteiger partial charge in [0.2, 0.25) is 0 Å². The molecule has 0 saturated heterocycles. The number of amides is 1. The van der Waals surface area contributed by atoms with Crippen molar-refractivity contribution in [1.29, 1.82) is 5.26 Å². The van der Waals surface area contributed by atoms with Gasteiger partial charge in [-0.05, 0) is 58.7 Å². The smallest absolute Gasteiger partial charge is 0.412 e. The minimum absolute atomic E-state index is 0.0271. The summed E-state index contributed by atoms with van der Waals surface area (Å²) in [6.45, 7) is 1.94. The summed E-state index contributed by atoms with van der Waals surface area (Å²) in [5.41, 5.74) is 1.31. The van der Waals surface area contributed by atoms with E-state index >= 15 is 0 Å². The van der Waals surface area contributed by atoms with Crippen LogP contribution in [0.15, 0.2) is 45.3 Å². The van der Waals surface area contributed by atoms with Crippen molar-refractivity contribution >= 4 is 62.2 Å². The second-order valence-electron chi connectivity index (χ2n) is 6.61. The molecule has 0 aromatic heterocycles. The SMILES string of the molecule is C[C@@H](CCOC(=O)CS)[C@H](OC(=O)Nc1ccc(C#N)cc1)c1cc(Br)cc(Br)c1O. The number of phenolic OH excluding ortho intramolecular Hbond substituents is 1. The van der Waals surface area contributed by atoms with Gasteiger partial charge in [0.1, 0.15) is 11.9 Å². The van der Waals surface area contributed by atoms with E-state index in [4.69, 9.17) is 14.7 Å². The first-order chi connectivity index (χ1) is 14.7. The van der Waals surface area contributed by atoms with E-state index in [1.165, 1.54) is 0 Å². The number of nitrogens with zero attached hydrogens (tertiary/aromatic N) is 1. The average Bonchev–Trinajstić information content (AvgIpc) is 2.75. The van der Waals surface area contributed by atoms with Crippen molar-refractivity contribution in [3.8, 4) is 11.8 Å². The largest absolute Gasteiger partial charge is 0.506 e. The van der Waals surface area contributed by atoms with Gasteiger partial charge in [0, 0.05) is 21.6 Å². The Kier molecular flexibility index (Phi) is 9.68. The second-order valence-corrected chi connectivity index (χ2v) is 8.70. The van der Waals surface area contributed by atoms with Crippen LogP contribution < -0.4 is 5.32 Å². The Bertz CT molecular complexity index is 979. The molecule has 31 heavy (non-hydrogen) atoms. The van der Waals surface area contributed by atoms with Crippen LogP contribution in [0.4, 0.5) is 10.5 Å². The molecule has 2 rings (SSSR count). The Morgan fingerprint density at radius 1 is 1.26 bits per heavy atom. The highest BCUT2D eigenvalue weighted by Crippen LogP contribution is 2.40. The highest BCUT2D eigenvalue weighted by Gasteiger charge is 2.28. The van der Waals surface area contributed by atoms with Gasteiger partial charge in [-0.15, -0.1) is 0 Å². The molecule has 2 aromatic rings. The predicted molar refractivity (Wildman–Crippen MR) is 126 cm³/mol. The molecule has 0 bridgehead atoms. The van der Waals surface area contributed by atoms with Crippen LogP contribution >= 0.6 is 44.5 Å². The summed E-state index contributed by atoms with van der Waals surface area (Å²) in [5, 5.41) is 22.0. The maximum Gasteiger partial charge on any atom is 0.412 e. The lowest BCUT2D eigenvalue weighted by Gasteiger charge is -2.26. The molecular formula is C21H20Br2N2O5S. The fraction of sp³-hybridized carbons (Fsp3) is 0.286. The van der Waals surface area contributed by atoms with Gasteiger partial charge < -0.3 is 14.6 Å². The van der Waals surface area contributed by atoms with E-state index in [1.54, 1.807) is 36.4 Å². The van der Waals surface area contributed by atoms with Crippen LogP contribution in [-0.2, 0) is 14.3 Å². The highest BCUT2D eigenvalue weighted by molar-refractivity contribution is 9.11. The van der Waals surface area contributed by atoms with Crippen molar-refractivity contribution in [2.24, 2.45) is 5.92 Å². The summed E-state index contributed by atoms with van der Waals surface area (Å²) in [5.74, 6) is -0.828. The molecule has 164 valence electrons. The molecule has 2 N–H and O–H groups in total. The van der Waals surface area contributed by atoms with Crippen molar-refractivity contribution in [2.75, 3.05) is 17.7 Å². The number of nitrogens with one attached hydrogen (secondary N) is 1. The van der Waals surface area contributed by atoms with Crippen molar-refractivity contribution < 1.29 is 24.2 Å². The molecule has 2 atom stereocenters. The monoisotopic (exact) mass is 570 g/mol. The Balaban J connectivity index is 2.21. The fourth-order valence-corrected chi connectivity index (χ4v) is 4.08.